The van der Waals surface area contributed by atoms with Crippen LogP contribution in [0.4, 0.5) is 13.2 Å². The van der Waals surface area contributed by atoms with E-state index in [1.54, 1.807) is 13.8 Å². The SMILES string of the molecule is COC(=O)c1cc(S(=O)(=O)NCCSc2ccc(OC(F)(F)F)cc2)cc(C)c1C. The van der Waals surface area contributed by atoms with Gasteiger partial charge in [0, 0.05) is 17.2 Å². The van der Waals surface area contributed by atoms with Crippen LogP contribution >= 0.6 is 11.8 Å². The Balaban J connectivity index is 1.98. The molecule has 2 aromatic rings. The van der Waals surface area contributed by atoms with Crippen LogP contribution in [0.2, 0.25) is 0 Å². The molecule has 30 heavy (non-hydrogen) atoms. The highest BCUT2D eigenvalue weighted by molar-refractivity contribution is 7.99. The molecule has 0 aliphatic heterocycles. The lowest BCUT2D eigenvalue weighted by molar-refractivity contribution is -0.274. The lowest BCUT2D eigenvalue weighted by Gasteiger charge is -2.12. The van der Waals surface area contributed by atoms with Crippen LogP contribution in [0.5, 0.6) is 5.75 Å². The number of esters is 1. The quantitative estimate of drug-likeness (QED) is 0.361. The van der Waals surface area contributed by atoms with E-state index in [2.05, 4.69) is 9.46 Å². The topological polar surface area (TPSA) is 81.7 Å². The second-order valence-corrected chi connectivity index (χ2v) is 9.11. The van der Waals surface area contributed by atoms with Crippen molar-refractivity contribution in [3.8, 4) is 5.75 Å². The first kappa shape index (κ1) is 24.0. The summed E-state index contributed by atoms with van der Waals surface area (Å²) < 4.78 is 72.5. The third-order valence-electron chi connectivity index (χ3n) is 4.08. The minimum Gasteiger partial charge on any atom is -0.465 e. The van der Waals surface area contributed by atoms with Crippen molar-refractivity contribution in [2.45, 2.75) is 30.0 Å². The Hall–Kier alpha value is -2.24. The van der Waals surface area contributed by atoms with Crippen LogP contribution in [0.3, 0.4) is 0 Å². The van der Waals surface area contributed by atoms with E-state index in [4.69, 9.17) is 4.74 Å². The van der Waals surface area contributed by atoms with Gasteiger partial charge in [-0.2, -0.15) is 0 Å². The average Bonchev–Trinajstić information content (AvgIpc) is 2.66. The second kappa shape index (κ2) is 9.71. The molecule has 0 heterocycles. The van der Waals surface area contributed by atoms with Crippen LogP contribution in [0.1, 0.15) is 21.5 Å². The van der Waals surface area contributed by atoms with Crippen molar-refractivity contribution in [2.75, 3.05) is 19.4 Å². The summed E-state index contributed by atoms with van der Waals surface area (Å²) in [5.74, 6) is -0.613. The molecule has 0 fully saturated rings. The number of aryl methyl sites for hydroxylation is 1. The molecule has 11 heteroatoms. The number of halogens is 3. The molecule has 0 saturated heterocycles. The van der Waals surface area contributed by atoms with Gasteiger partial charge in [0.2, 0.25) is 10.0 Å². The number of nitrogens with one attached hydrogen (secondary N) is 1. The molecule has 0 aliphatic carbocycles. The predicted octanol–water partition coefficient (Wildman–Crippen LogP) is 4.06. The molecule has 0 atom stereocenters. The number of thioether (sulfide) groups is 1. The summed E-state index contributed by atoms with van der Waals surface area (Å²) in [5, 5.41) is 0. The van der Waals surface area contributed by atoms with Crippen LogP contribution in [-0.4, -0.2) is 40.2 Å². The summed E-state index contributed by atoms with van der Waals surface area (Å²) in [6, 6.07) is 8.00. The third-order valence-corrected chi connectivity index (χ3v) is 6.53. The standard InChI is InChI=1S/C19H20F3NO5S2/c1-12-10-16(11-17(13(12)2)18(24)27-3)30(25,26)23-8-9-29-15-6-4-14(5-7-15)28-19(20,21)22/h4-7,10-11,23H,8-9H2,1-3H3. The highest BCUT2D eigenvalue weighted by Gasteiger charge is 2.31. The zero-order valence-corrected chi connectivity index (χ0v) is 18.0. The van der Waals surface area contributed by atoms with E-state index in [0.717, 1.165) is 0 Å². The highest BCUT2D eigenvalue weighted by atomic mass is 32.2. The molecule has 0 amide bonds. The first-order chi connectivity index (χ1) is 13.9. The average molecular weight is 463 g/mol. The normalized spacial score (nSPS) is 11.9. The van der Waals surface area contributed by atoms with Gasteiger partial charge in [0.1, 0.15) is 5.75 Å². The molecule has 0 saturated carbocycles. The summed E-state index contributed by atoms with van der Waals surface area (Å²) in [5.41, 5.74) is 1.44. The summed E-state index contributed by atoms with van der Waals surface area (Å²) in [7, 11) is -2.64. The number of hydrogen-bond acceptors (Lipinski definition) is 6. The van der Waals surface area contributed by atoms with Crippen molar-refractivity contribution in [3.05, 3.63) is 53.1 Å². The van der Waals surface area contributed by atoms with Gasteiger partial charge in [-0.1, -0.05) is 0 Å². The maximum absolute atomic E-state index is 12.6. The summed E-state index contributed by atoms with van der Waals surface area (Å²) in [4.78, 5) is 12.5. The lowest BCUT2D eigenvalue weighted by atomic mass is 10.0. The first-order valence-electron chi connectivity index (χ1n) is 8.61. The number of methoxy groups -OCH3 is 1. The van der Waals surface area contributed by atoms with Gasteiger partial charge in [0.25, 0.3) is 0 Å². The Morgan fingerprint density at radius 1 is 1.13 bits per heavy atom. The Bertz CT molecular complexity index is 1010. The molecule has 0 spiro atoms. The van der Waals surface area contributed by atoms with Crippen molar-refractivity contribution in [1.82, 2.24) is 4.72 Å². The molecular formula is C19H20F3NO5S2. The number of benzene rings is 2. The fraction of sp³-hybridized carbons (Fsp3) is 0.316. The van der Waals surface area contributed by atoms with Crippen LogP contribution < -0.4 is 9.46 Å². The van der Waals surface area contributed by atoms with Crippen molar-refractivity contribution >= 4 is 27.8 Å². The molecule has 1 N–H and O–H groups in total. The Morgan fingerprint density at radius 2 is 1.77 bits per heavy atom. The fourth-order valence-electron chi connectivity index (χ4n) is 2.47. The maximum atomic E-state index is 12.6. The monoisotopic (exact) mass is 463 g/mol. The van der Waals surface area contributed by atoms with Crippen LogP contribution in [-0.2, 0) is 14.8 Å². The third kappa shape index (κ3) is 6.64. The van der Waals surface area contributed by atoms with Gasteiger partial charge in [0.05, 0.1) is 17.6 Å². The number of rotatable bonds is 8. The highest BCUT2D eigenvalue weighted by Crippen LogP contribution is 2.26. The minimum atomic E-state index is -4.75. The molecule has 0 bridgehead atoms. The van der Waals surface area contributed by atoms with Crippen molar-refractivity contribution in [1.29, 1.82) is 0 Å². The maximum Gasteiger partial charge on any atom is 0.573 e. The van der Waals surface area contributed by atoms with Gasteiger partial charge in [-0.05, 0) is 61.4 Å². The first-order valence-corrected chi connectivity index (χ1v) is 11.1. The molecule has 2 rings (SSSR count). The molecular weight excluding hydrogens is 443 g/mol. The van der Waals surface area contributed by atoms with E-state index < -0.39 is 22.4 Å². The number of carbonyl (C=O) groups is 1. The Labute approximate surface area is 176 Å². The Kier molecular flexibility index (Phi) is 7.78. The van der Waals surface area contributed by atoms with E-state index in [0.29, 0.717) is 21.8 Å². The van der Waals surface area contributed by atoms with Gasteiger partial charge < -0.3 is 9.47 Å². The van der Waals surface area contributed by atoms with Crippen molar-refractivity contribution in [3.63, 3.8) is 0 Å². The van der Waals surface area contributed by atoms with E-state index >= 15 is 0 Å². The van der Waals surface area contributed by atoms with Crippen LogP contribution in [0.15, 0.2) is 46.2 Å². The molecule has 6 nitrogen and oxygen atoms in total. The van der Waals surface area contributed by atoms with E-state index in [-0.39, 0.29) is 22.8 Å². The summed E-state index contributed by atoms with van der Waals surface area (Å²) in [6.07, 6.45) is -4.75. The molecule has 0 aliphatic rings. The summed E-state index contributed by atoms with van der Waals surface area (Å²) >= 11 is 1.26. The number of alkyl halides is 3. The van der Waals surface area contributed by atoms with Gasteiger partial charge in [0.15, 0.2) is 0 Å². The van der Waals surface area contributed by atoms with Crippen LogP contribution in [0.25, 0.3) is 0 Å². The number of carbonyl (C=O) groups excluding carboxylic acids is 1. The van der Waals surface area contributed by atoms with E-state index in [9.17, 15) is 26.4 Å². The number of hydrogen-bond donors (Lipinski definition) is 1. The van der Waals surface area contributed by atoms with Gasteiger partial charge >= 0.3 is 12.3 Å². The molecule has 2 aromatic carbocycles. The zero-order valence-electron chi connectivity index (χ0n) is 16.4. The predicted molar refractivity (Wildman–Crippen MR) is 106 cm³/mol. The fourth-order valence-corrected chi connectivity index (χ4v) is 4.51. The number of sulfonamides is 1. The smallest absolute Gasteiger partial charge is 0.465 e. The molecule has 0 unspecified atom stereocenters. The van der Waals surface area contributed by atoms with Gasteiger partial charge in [-0.3, -0.25) is 0 Å². The summed E-state index contributed by atoms with van der Waals surface area (Å²) in [6.45, 7) is 3.48. The molecule has 0 radical (unpaired) electrons. The lowest BCUT2D eigenvalue weighted by Crippen LogP contribution is -2.26. The zero-order chi connectivity index (χ0) is 22.5. The Morgan fingerprint density at radius 3 is 2.33 bits per heavy atom. The number of ether oxygens (including phenoxy) is 2. The second-order valence-electron chi connectivity index (χ2n) is 6.17. The van der Waals surface area contributed by atoms with E-state index in [1.165, 1.54) is 55.3 Å². The van der Waals surface area contributed by atoms with Gasteiger partial charge in [-0.25, -0.2) is 17.9 Å². The molecule has 164 valence electrons. The van der Waals surface area contributed by atoms with Crippen molar-refractivity contribution in [2.24, 2.45) is 0 Å². The van der Waals surface area contributed by atoms with Crippen LogP contribution in [0, 0.1) is 13.8 Å². The van der Waals surface area contributed by atoms with Gasteiger partial charge in [-0.15, -0.1) is 24.9 Å². The van der Waals surface area contributed by atoms with Crippen molar-refractivity contribution < 1.29 is 35.9 Å². The van der Waals surface area contributed by atoms with E-state index in [1.807, 2.05) is 0 Å². The largest absolute Gasteiger partial charge is 0.573 e. The minimum absolute atomic E-state index is 0.0512. The molecule has 0 aromatic heterocycles.